The van der Waals surface area contributed by atoms with E-state index in [1.165, 1.54) is 5.56 Å². The van der Waals surface area contributed by atoms with Gasteiger partial charge in [0.05, 0.1) is 6.54 Å². The number of carbonyl (C=O) groups is 1. The van der Waals surface area contributed by atoms with Crippen LogP contribution in [0.15, 0.2) is 28.7 Å². The van der Waals surface area contributed by atoms with Crippen LogP contribution < -0.4 is 5.73 Å². The Labute approximate surface area is 111 Å². The van der Waals surface area contributed by atoms with E-state index in [0.717, 1.165) is 17.3 Å². The molecule has 1 rings (SSSR count). The van der Waals surface area contributed by atoms with Gasteiger partial charge < -0.3 is 5.73 Å². The number of likely N-dealkylation sites (N-methyl/N-ethyl adjacent to an activating group) is 1. The average Bonchev–Trinajstić information content (AvgIpc) is 2.27. The van der Waals surface area contributed by atoms with Crippen LogP contribution in [0.3, 0.4) is 0 Å². The van der Waals surface area contributed by atoms with Crippen LogP contribution in [0.2, 0.25) is 0 Å². The van der Waals surface area contributed by atoms with Crippen molar-refractivity contribution >= 4 is 21.8 Å². The Morgan fingerprint density at radius 2 is 2.12 bits per heavy atom. The minimum Gasteiger partial charge on any atom is -0.369 e. The first-order valence-electron chi connectivity index (χ1n) is 5.76. The molecule has 0 saturated heterocycles. The van der Waals surface area contributed by atoms with E-state index in [0.29, 0.717) is 12.6 Å². The Kier molecular flexibility index (Phi) is 5.65. The van der Waals surface area contributed by atoms with Gasteiger partial charge in [0.2, 0.25) is 5.91 Å². The van der Waals surface area contributed by atoms with Gasteiger partial charge in [-0.2, -0.15) is 0 Å². The first-order chi connectivity index (χ1) is 8.04. The van der Waals surface area contributed by atoms with Gasteiger partial charge in [0, 0.05) is 10.5 Å². The average molecular weight is 299 g/mol. The second kappa shape index (κ2) is 6.77. The number of rotatable bonds is 6. The van der Waals surface area contributed by atoms with E-state index in [1.807, 2.05) is 30.1 Å². The van der Waals surface area contributed by atoms with Gasteiger partial charge in [0.25, 0.3) is 0 Å². The maximum absolute atomic E-state index is 10.9. The lowest BCUT2D eigenvalue weighted by Crippen LogP contribution is -2.39. The quantitative estimate of drug-likeness (QED) is 0.875. The normalized spacial score (nSPS) is 12.7. The molecule has 1 atom stereocenters. The molecule has 4 heteroatoms. The van der Waals surface area contributed by atoms with Crippen molar-refractivity contribution in [3.8, 4) is 0 Å². The molecule has 1 unspecified atom stereocenters. The summed E-state index contributed by atoms with van der Waals surface area (Å²) in [6.45, 7) is 2.43. The summed E-state index contributed by atoms with van der Waals surface area (Å²) < 4.78 is 1.12. The van der Waals surface area contributed by atoms with Crippen LogP contribution >= 0.6 is 15.9 Å². The SMILES string of the molecule is CCC(Cc1ccccc1Br)N(C)CC(N)=O. The van der Waals surface area contributed by atoms with Crippen LogP contribution in [-0.2, 0) is 11.2 Å². The molecule has 1 amide bonds. The largest absolute Gasteiger partial charge is 0.369 e. The first kappa shape index (κ1) is 14.2. The van der Waals surface area contributed by atoms with Gasteiger partial charge in [-0.3, -0.25) is 9.69 Å². The Morgan fingerprint density at radius 3 is 2.65 bits per heavy atom. The molecule has 1 aromatic carbocycles. The number of hydrogen-bond acceptors (Lipinski definition) is 2. The molecule has 0 radical (unpaired) electrons. The summed E-state index contributed by atoms with van der Waals surface area (Å²) in [6.07, 6.45) is 1.91. The number of nitrogens with zero attached hydrogens (tertiary/aromatic N) is 1. The molecule has 0 aliphatic rings. The lowest BCUT2D eigenvalue weighted by atomic mass is 10.0. The highest BCUT2D eigenvalue weighted by Gasteiger charge is 2.15. The van der Waals surface area contributed by atoms with Gasteiger partial charge in [0.15, 0.2) is 0 Å². The van der Waals surface area contributed by atoms with Crippen molar-refractivity contribution in [1.82, 2.24) is 4.90 Å². The summed E-state index contributed by atoms with van der Waals surface area (Å²) in [5.74, 6) is -0.280. The third-order valence-electron chi connectivity index (χ3n) is 2.91. The van der Waals surface area contributed by atoms with Gasteiger partial charge >= 0.3 is 0 Å². The van der Waals surface area contributed by atoms with E-state index < -0.39 is 0 Å². The number of carbonyl (C=O) groups excluding carboxylic acids is 1. The number of primary amides is 1. The van der Waals surface area contributed by atoms with E-state index in [2.05, 4.69) is 28.9 Å². The van der Waals surface area contributed by atoms with Crippen LogP contribution in [0.5, 0.6) is 0 Å². The molecule has 1 aromatic rings. The molecule has 2 N–H and O–H groups in total. The van der Waals surface area contributed by atoms with Gasteiger partial charge in [-0.25, -0.2) is 0 Å². The van der Waals surface area contributed by atoms with Gasteiger partial charge in [0.1, 0.15) is 0 Å². The van der Waals surface area contributed by atoms with Gasteiger partial charge in [-0.15, -0.1) is 0 Å². The predicted octanol–water partition coefficient (Wildman–Crippen LogP) is 2.19. The van der Waals surface area contributed by atoms with E-state index >= 15 is 0 Å². The van der Waals surface area contributed by atoms with E-state index in [1.54, 1.807) is 0 Å². The fraction of sp³-hybridized carbons (Fsp3) is 0.462. The zero-order chi connectivity index (χ0) is 12.8. The highest BCUT2D eigenvalue weighted by atomic mass is 79.9. The number of amides is 1. The van der Waals surface area contributed by atoms with Crippen LogP contribution in [0.1, 0.15) is 18.9 Å². The zero-order valence-electron chi connectivity index (χ0n) is 10.3. The lowest BCUT2D eigenvalue weighted by molar-refractivity contribution is -0.119. The fourth-order valence-electron chi connectivity index (χ4n) is 1.90. The Balaban J connectivity index is 2.70. The van der Waals surface area contributed by atoms with Crippen LogP contribution in [0.25, 0.3) is 0 Å². The zero-order valence-corrected chi connectivity index (χ0v) is 11.9. The van der Waals surface area contributed by atoms with E-state index in [-0.39, 0.29) is 5.91 Å². The topological polar surface area (TPSA) is 46.3 Å². The molecule has 0 heterocycles. The number of nitrogens with two attached hydrogens (primary N) is 1. The molecular formula is C13H19BrN2O. The standard InChI is InChI=1S/C13H19BrN2O/c1-3-11(16(2)9-13(15)17)8-10-6-4-5-7-12(10)14/h4-7,11H,3,8-9H2,1-2H3,(H2,15,17). The fourth-order valence-corrected chi connectivity index (χ4v) is 2.35. The molecule has 0 fully saturated rings. The second-order valence-electron chi connectivity index (χ2n) is 4.24. The second-order valence-corrected chi connectivity index (χ2v) is 5.09. The summed E-state index contributed by atoms with van der Waals surface area (Å²) in [6, 6.07) is 8.50. The smallest absolute Gasteiger partial charge is 0.231 e. The molecule has 3 nitrogen and oxygen atoms in total. The van der Waals surface area contributed by atoms with Crippen molar-refractivity contribution in [2.75, 3.05) is 13.6 Å². The third kappa shape index (κ3) is 4.48. The molecule has 0 aliphatic heterocycles. The minimum absolute atomic E-state index is 0.280. The molecule has 17 heavy (non-hydrogen) atoms. The summed E-state index contributed by atoms with van der Waals surface area (Å²) in [5, 5.41) is 0. The summed E-state index contributed by atoms with van der Waals surface area (Å²) in [5.41, 5.74) is 6.48. The molecule has 0 aromatic heterocycles. The van der Waals surface area contributed by atoms with Crippen molar-refractivity contribution in [2.24, 2.45) is 5.73 Å². The third-order valence-corrected chi connectivity index (χ3v) is 3.69. The molecule has 94 valence electrons. The number of halogens is 1. The van der Waals surface area contributed by atoms with E-state index in [4.69, 9.17) is 5.73 Å². The molecular weight excluding hydrogens is 280 g/mol. The minimum atomic E-state index is -0.280. The van der Waals surface area contributed by atoms with Gasteiger partial charge in [-0.05, 0) is 31.5 Å². The van der Waals surface area contributed by atoms with Crippen molar-refractivity contribution in [3.63, 3.8) is 0 Å². The van der Waals surface area contributed by atoms with Crippen molar-refractivity contribution < 1.29 is 4.79 Å². The summed E-state index contributed by atoms with van der Waals surface area (Å²) in [4.78, 5) is 12.9. The molecule has 0 bridgehead atoms. The number of benzene rings is 1. The van der Waals surface area contributed by atoms with Gasteiger partial charge in [-0.1, -0.05) is 41.1 Å². The highest BCUT2D eigenvalue weighted by molar-refractivity contribution is 9.10. The van der Waals surface area contributed by atoms with Crippen molar-refractivity contribution in [3.05, 3.63) is 34.3 Å². The molecule has 0 aliphatic carbocycles. The van der Waals surface area contributed by atoms with Crippen molar-refractivity contribution in [1.29, 1.82) is 0 Å². The lowest BCUT2D eigenvalue weighted by Gasteiger charge is -2.26. The highest BCUT2D eigenvalue weighted by Crippen LogP contribution is 2.19. The summed E-state index contributed by atoms with van der Waals surface area (Å²) in [7, 11) is 1.94. The van der Waals surface area contributed by atoms with Crippen molar-refractivity contribution in [2.45, 2.75) is 25.8 Å². The number of hydrogen-bond donors (Lipinski definition) is 1. The maximum atomic E-state index is 10.9. The molecule has 0 spiro atoms. The first-order valence-corrected chi connectivity index (χ1v) is 6.55. The Bertz CT molecular complexity index is 381. The van der Waals surface area contributed by atoms with Crippen LogP contribution in [0, 0.1) is 0 Å². The summed E-state index contributed by atoms with van der Waals surface area (Å²) >= 11 is 3.54. The van der Waals surface area contributed by atoms with E-state index in [9.17, 15) is 4.79 Å². The maximum Gasteiger partial charge on any atom is 0.231 e. The Morgan fingerprint density at radius 1 is 1.47 bits per heavy atom. The van der Waals surface area contributed by atoms with Crippen LogP contribution in [-0.4, -0.2) is 30.4 Å². The predicted molar refractivity (Wildman–Crippen MR) is 73.7 cm³/mol. The van der Waals surface area contributed by atoms with Crippen LogP contribution in [0.4, 0.5) is 0 Å². The Hall–Kier alpha value is -0.870. The monoisotopic (exact) mass is 298 g/mol. The molecule has 0 saturated carbocycles.